The van der Waals surface area contributed by atoms with Crippen LogP contribution in [0, 0.1) is 0 Å². The van der Waals surface area contributed by atoms with Crippen LogP contribution in [0.1, 0.15) is 0 Å². The third kappa shape index (κ3) is 4.71. The fourth-order valence-corrected chi connectivity index (χ4v) is 2.74. The number of anilines is 3. The maximum atomic E-state index is 11.8. The predicted octanol–water partition coefficient (Wildman–Crippen LogP) is 0.994. The maximum Gasteiger partial charge on any atom is 0.245 e. The zero-order valence-electron chi connectivity index (χ0n) is 13.0. The van der Waals surface area contributed by atoms with E-state index in [2.05, 4.69) is 40.2 Å². The molecule has 11 heteroatoms. The summed E-state index contributed by atoms with van der Waals surface area (Å²) in [5, 5.41) is 17.4. The number of hydrogen-bond acceptors (Lipinski definition) is 9. The van der Waals surface area contributed by atoms with Crippen molar-refractivity contribution in [2.24, 2.45) is 0 Å². The summed E-state index contributed by atoms with van der Waals surface area (Å²) in [7, 11) is -3.61. The molecule has 130 valence electrons. The molecule has 25 heavy (non-hydrogen) atoms. The molecule has 0 radical (unpaired) electrons. The topological polar surface area (TPSA) is 135 Å². The van der Waals surface area contributed by atoms with Gasteiger partial charge in [0.2, 0.25) is 10.0 Å². The Bertz CT molecular complexity index is 884. The van der Waals surface area contributed by atoms with E-state index in [1.807, 2.05) is 18.2 Å². The highest BCUT2D eigenvalue weighted by Gasteiger charge is 2.15. The van der Waals surface area contributed by atoms with Gasteiger partial charge in [-0.25, -0.2) is 18.1 Å². The number of hydrogen-bond donors (Lipinski definition) is 3. The number of rotatable bonds is 8. The first kappa shape index (κ1) is 16.8. The van der Waals surface area contributed by atoms with Crippen molar-refractivity contribution in [1.82, 2.24) is 25.1 Å². The monoisotopic (exact) mass is 361 g/mol. The number of sulfonamides is 1. The van der Waals surface area contributed by atoms with E-state index >= 15 is 0 Å². The van der Waals surface area contributed by atoms with Gasteiger partial charge in [-0.3, -0.25) is 0 Å². The third-order valence-electron chi connectivity index (χ3n) is 3.03. The van der Waals surface area contributed by atoms with Gasteiger partial charge in [0.1, 0.15) is 22.8 Å². The molecule has 0 aliphatic rings. The van der Waals surface area contributed by atoms with Crippen LogP contribution in [-0.4, -0.2) is 41.8 Å². The molecule has 0 aromatic carbocycles. The van der Waals surface area contributed by atoms with E-state index < -0.39 is 10.0 Å². The van der Waals surface area contributed by atoms with E-state index in [-0.39, 0.29) is 11.4 Å². The predicted molar refractivity (Wildman–Crippen MR) is 89.7 cm³/mol. The van der Waals surface area contributed by atoms with Crippen molar-refractivity contribution in [1.29, 1.82) is 0 Å². The minimum Gasteiger partial charge on any atom is -0.367 e. The average Bonchev–Trinajstić information content (AvgIpc) is 3.17. The number of nitrogens with zero attached hydrogens (tertiary/aromatic N) is 4. The first-order valence-corrected chi connectivity index (χ1v) is 8.76. The van der Waals surface area contributed by atoms with Crippen molar-refractivity contribution in [3.05, 3.63) is 49.0 Å². The minimum absolute atomic E-state index is 0.0164. The maximum absolute atomic E-state index is 11.8. The van der Waals surface area contributed by atoms with Gasteiger partial charge in [-0.05, 0) is 24.3 Å². The standard InChI is InChI=1S/C14H15N7O3S/c22-25(23,11-9-17-24-10-11)18-8-7-16-13-4-5-14(21-20-13)19-12-3-1-2-6-15-12/h1-6,9-10,18H,7-8H2,(H,16,20)(H,15,19,21). The second kappa shape index (κ2) is 7.68. The van der Waals surface area contributed by atoms with Crippen molar-refractivity contribution >= 4 is 27.5 Å². The van der Waals surface area contributed by atoms with E-state index in [0.717, 1.165) is 12.5 Å². The van der Waals surface area contributed by atoms with E-state index in [1.54, 1.807) is 18.3 Å². The molecular formula is C14H15N7O3S. The van der Waals surface area contributed by atoms with Crippen LogP contribution >= 0.6 is 0 Å². The molecule has 10 nitrogen and oxygen atoms in total. The largest absolute Gasteiger partial charge is 0.367 e. The molecule has 0 aliphatic heterocycles. The van der Waals surface area contributed by atoms with Gasteiger partial charge >= 0.3 is 0 Å². The molecule has 0 spiro atoms. The molecule has 0 fully saturated rings. The first-order valence-electron chi connectivity index (χ1n) is 7.28. The first-order chi connectivity index (χ1) is 12.1. The van der Waals surface area contributed by atoms with Crippen LogP contribution in [-0.2, 0) is 10.0 Å². The van der Waals surface area contributed by atoms with Crippen molar-refractivity contribution in [2.45, 2.75) is 4.90 Å². The van der Waals surface area contributed by atoms with Crippen LogP contribution in [0.5, 0.6) is 0 Å². The summed E-state index contributed by atoms with van der Waals surface area (Å²) in [4.78, 5) is 4.11. The Morgan fingerprint density at radius 1 is 1.00 bits per heavy atom. The van der Waals surface area contributed by atoms with E-state index in [4.69, 9.17) is 0 Å². The van der Waals surface area contributed by atoms with E-state index in [1.165, 1.54) is 0 Å². The Morgan fingerprint density at radius 2 is 1.84 bits per heavy atom. The highest BCUT2D eigenvalue weighted by molar-refractivity contribution is 7.89. The summed E-state index contributed by atoms with van der Waals surface area (Å²) in [5.74, 6) is 1.74. The molecule has 3 aromatic rings. The van der Waals surface area contributed by atoms with E-state index in [9.17, 15) is 8.42 Å². The van der Waals surface area contributed by atoms with Gasteiger partial charge < -0.3 is 15.2 Å². The highest BCUT2D eigenvalue weighted by atomic mass is 32.2. The molecule has 0 bridgehead atoms. The summed E-state index contributed by atoms with van der Waals surface area (Å²) in [6, 6.07) is 8.97. The SMILES string of the molecule is O=S(=O)(NCCNc1ccc(Nc2ccccn2)nn1)c1cnoc1. The van der Waals surface area contributed by atoms with Crippen LogP contribution in [0.3, 0.4) is 0 Å². The molecule has 3 heterocycles. The molecule has 3 N–H and O–H groups in total. The molecule has 0 atom stereocenters. The van der Waals surface area contributed by atoms with Gasteiger partial charge in [0.25, 0.3) is 0 Å². The molecule has 0 saturated carbocycles. The molecule has 0 unspecified atom stereocenters. The van der Waals surface area contributed by atoms with Crippen molar-refractivity contribution in [3.63, 3.8) is 0 Å². The lowest BCUT2D eigenvalue weighted by atomic mass is 10.4. The Morgan fingerprint density at radius 3 is 2.52 bits per heavy atom. The number of aromatic nitrogens is 4. The van der Waals surface area contributed by atoms with E-state index in [0.29, 0.717) is 24.0 Å². The Kier molecular flexibility index (Phi) is 5.16. The van der Waals surface area contributed by atoms with Gasteiger partial charge in [-0.1, -0.05) is 11.2 Å². The second-order valence-electron chi connectivity index (χ2n) is 4.83. The smallest absolute Gasteiger partial charge is 0.245 e. The van der Waals surface area contributed by atoms with Crippen molar-refractivity contribution in [3.8, 4) is 0 Å². The highest BCUT2D eigenvalue weighted by Crippen LogP contribution is 2.11. The normalized spacial score (nSPS) is 11.2. The van der Waals surface area contributed by atoms with Crippen LogP contribution in [0.2, 0.25) is 0 Å². The van der Waals surface area contributed by atoms with Crippen molar-refractivity contribution in [2.75, 3.05) is 23.7 Å². The van der Waals surface area contributed by atoms with Gasteiger partial charge in [-0.2, -0.15) is 0 Å². The molecule has 0 saturated heterocycles. The lowest BCUT2D eigenvalue weighted by Crippen LogP contribution is -2.28. The minimum atomic E-state index is -3.61. The summed E-state index contributed by atoms with van der Waals surface area (Å²) < 4.78 is 30.6. The second-order valence-corrected chi connectivity index (χ2v) is 6.60. The van der Waals surface area contributed by atoms with Crippen LogP contribution in [0.4, 0.5) is 17.5 Å². The fourth-order valence-electron chi connectivity index (χ4n) is 1.85. The lowest BCUT2D eigenvalue weighted by Gasteiger charge is -2.07. The molecule has 0 aliphatic carbocycles. The zero-order chi connectivity index (χ0) is 17.5. The Balaban J connectivity index is 1.46. The zero-order valence-corrected chi connectivity index (χ0v) is 13.8. The number of nitrogens with one attached hydrogen (secondary N) is 3. The Labute approximate surface area is 143 Å². The van der Waals surface area contributed by atoms with Crippen LogP contribution in [0.25, 0.3) is 0 Å². The fraction of sp³-hybridized carbons (Fsp3) is 0.143. The lowest BCUT2D eigenvalue weighted by molar-refractivity contribution is 0.417. The van der Waals surface area contributed by atoms with Crippen molar-refractivity contribution < 1.29 is 12.9 Å². The molecular weight excluding hydrogens is 346 g/mol. The Hall–Kier alpha value is -3.05. The van der Waals surface area contributed by atoms with Crippen LogP contribution in [0.15, 0.2) is 58.4 Å². The van der Waals surface area contributed by atoms with Crippen LogP contribution < -0.4 is 15.4 Å². The summed E-state index contributed by atoms with van der Waals surface area (Å²) in [6.07, 6.45) is 3.87. The third-order valence-corrected chi connectivity index (χ3v) is 4.44. The molecule has 3 aromatic heterocycles. The molecule has 0 amide bonds. The summed E-state index contributed by atoms with van der Waals surface area (Å²) in [5.41, 5.74) is 0. The van der Waals surface area contributed by atoms with Gasteiger partial charge in [0.15, 0.2) is 5.82 Å². The summed E-state index contributed by atoms with van der Waals surface area (Å²) in [6.45, 7) is 0.509. The van der Waals surface area contributed by atoms with Gasteiger partial charge in [0, 0.05) is 19.3 Å². The molecule has 3 rings (SSSR count). The summed E-state index contributed by atoms with van der Waals surface area (Å²) >= 11 is 0. The number of pyridine rings is 1. The average molecular weight is 361 g/mol. The van der Waals surface area contributed by atoms with Gasteiger partial charge in [-0.15, -0.1) is 10.2 Å². The van der Waals surface area contributed by atoms with Gasteiger partial charge in [0.05, 0.1) is 6.20 Å². The quantitative estimate of drug-likeness (QED) is 0.502.